The van der Waals surface area contributed by atoms with E-state index in [1.807, 2.05) is 54.6 Å². The summed E-state index contributed by atoms with van der Waals surface area (Å²) in [6, 6.07) is 15.8. The van der Waals surface area contributed by atoms with E-state index in [9.17, 15) is 4.79 Å². The number of hydrogen-bond acceptors (Lipinski definition) is 5. The van der Waals surface area contributed by atoms with Crippen LogP contribution in [-0.4, -0.2) is 24.0 Å². The molecule has 0 fully saturated rings. The van der Waals surface area contributed by atoms with Crippen LogP contribution in [-0.2, 0) is 6.42 Å². The summed E-state index contributed by atoms with van der Waals surface area (Å²) in [5.74, 6) is 1.59. The molecular formula is C22H17NO3S. The van der Waals surface area contributed by atoms with Crippen LogP contribution in [0.5, 0.6) is 11.5 Å². The van der Waals surface area contributed by atoms with Gasteiger partial charge in [-0.3, -0.25) is 4.79 Å². The molecule has 1 aliphatic carbocycles. The largest absolute Gasteiger partial charge is 0.486 e. The van der Waals surface area contributed by atoms with Crippen LogP contribution in [0.15, 0.2) is 54.1 Å². The number of aromatic nitrogens is 1. The first-order valence-electron chi connectivity index (χ1n) is 8.98. The Hall–Kier alpha value is -2.92. The summed E-state index contributed by atoms with van der Waals surface area (Å²) in [6.45, 7) is 1.13. The molecule has 5 rings (SSSR count). The molecule has 134 valence electrons. The molecule has 0 unspecified atom stereocenters. The van der Waals surface area contributed by atoms with Gasteiger partial charge in [0.05, 0.1) is 10.6 Å². The summed E-state index contributed by atoms with van der Waals surface area (Å²) < 4.78 is 11.2. The number of fused-ring (bicyclic) bond motifs is 2. The molecule has 27 heavy (non-hydrogen) atoms. The highest BCUT2D eigenvalue weighted by Gasteiger charge is 2.26. The molecular weight excluding hydrogens is 358 g/mol. The molecule has 0 amide bonds. The Balaban J connectivity index is 1.46. The van der Waals surface area contributed by atoms with Gasteiger partial charge in [-0.25, -0.2) is 4.98 Å². The number of thiazole rings is 1. The summed E-state index contributed by atoms with van der Waals surface area (Å²) in [5, 5.41) is 0.912. The van der Waals surface area contributed by atoms with Crippen molar-refractivity contribution < 1.29 is 14.3 Å². The predicted molar refractivity (Wildman–Crippen MR) is 106 cm³/mol. The number of benzene rings is 2. The van der Waals surface area contributed by atoms with Crippen LogP contribution in [0, 0.1) is 0 Å². The number of carbonyl (C=O) groups excluding carboxylic acids is 1. The minimum Gasteiger partial charge on any atom is -0.486 e. The summed E-state index contributed by atoms with van der Waals surface area (Å²) in [7, 11) is 0. The van der Waals surface area contributed by atoms with Crippen LogP contribution in [0.2, 0.25) is 0 Å². The maximum atomic E-state index is 13.0. The maximum Gasteiger partial charge on any atom is 0.200 e. The van der Waals surface area contributed by atoms with Gasteiger partial charge in [0.25, 0.3) is 0 Å². The summed E-state index contributed by atoms with van der Waals surface area (Å²) in [4.78, 5) is 18.5. The molecule has 0 saturated carbocycles. The van der Waals surface area contributed by atoms with Crippen molar-refractivity contribution >= 4 is 23.2 Å². The number of Topliss-reactive ketones (excluding diaryl/α,β-unsaturated/α-hetero) is 1. The third-order valence-corrected chi connectivity index (χ3v) is 5.90. The molecule has 0 radical (unpaired) electrons. The highest BCUT2D eigenvalue weighted by molar-refractivity contribution is 7.17. The third-order valence-electron chi connectivity index (χ3n) is 4.75. The van der Waals surface area contributed by atoms with Gasteiger partial charge in [0.15, 0.2) is 11.5 Å². The van der Waals surface area contributed by atoms with Crippen molar-refractivity contribution in [2.24, 2.45) is 0 Å². The Morgan fingerprint density at radius 2 is 1.78 bits per heavy atom. The lowest BCUT2D eigenvalue weighted by atomic mass is 9.94. The normalized spacial score (nSPS) is 17.0. The van der Waals surface area contributed by atoms with Crippen molar-refractivity contribution in [2.45, 2.75) is 12.8 Å². The minimum atomic E-state index is 0.0887. The Labute approximate surface area is 161 Å². The van der Waals surface area contributed by atoms with E-state index in [1.165, 1.54) is 11.3 Å². The lowest BCUT2D eigenvalue weighted by Gasteiger charge is -2.18. The second-order valence-electron chi connectivity index (χ2n) is 6.56. The first kappa shape index (κ1) is 16.3. The first-order chi connectivity index (χ1) is 13.3. The quantitative estimate of drug-likeness (QED) is 0.604. The van der Waals surface area contributed by atoms with E-state index < -0.39 is 0 Å². The molecule has 2 heterocycles. The third kappa shape index (κ3) is 3.04. The number of aryl methyl sites for hydroxylation is 1. The number of ether oxygens (including phenoxy) is 2. The van der Waals surface area contributed by atoms with Crippen LogP contribution in [0.1, 0.15) is 27.3 Å². The van der Waals surface area contributed by atoms with Gasteiger partial charge in [0.1, 0.15) is 18.2 Å². The van der Waals surface area contributed by atoms with E-state index in [2.05, 4.69) is 0 Å². The fourth-order valence-electron chi connectivity index (χ4n) is 3.40. The minimum absolute atomic E-state index is 0.0887. The van der Waals surface area contributed by atoms with Crippen LogP contribution < -0.4 is 9.47 Å². The smallest absolute Gasteiger partial charge is 0.200 e. The molecule has 0 atom stereocenters. The monoisotopic (exact) mass is 375 g/mol. The Kier molecular flexibility index (Phi) is 4.02. The highest BCUT2D eigenvalue weighted by Crippen LogP contribution is 2.36. The fraction of sp³-hybridized carbons (Fsp3) is 0.182. The average molecular weight is 375 g/mol. The lowest BCUT2D eigenvalue weighted by Crippen LogP contribution is -2.15. The van der Waals surface area contributed by atoms with Crippen LogP contribution in [0.25, 0.3) is 16.6 Å². The van der Waals surface area contributed by atoms with E-state index in [4.69, 9.17) is 14.5 Å². The van der Waals surface area contributed by atoms with Gasteiger partial charge in [-0.15, -0.1) is 11.3 Å². The Bertz CT molecular complexity index is 1050. The number of carbonyl (C=O) groups is 1. The molecule has 0 spiro atoms. The molecule has 0 bridgehead atoms. The fourth-order valence-corrected chi connectivity index (χ4v) is 4.50. The second-order valence-corrected chi connectivity index (χ2v) is 7.56. The molecule has 0 saturated heterocycles. The Morgan fingerprint density at radius 3 is 2.63 bits per heavy atom. The zero-order valence-corrected chi connectivity index (χ0v) is 15.4. The summed E-state index contributed by atoms with van der Waals surface area (Å²) >= 11 is 1.49. The predicted octanol–water partition coefficient (Wildman–Crippen LogP) is 4.79. The standard InChI is InChI=1S/C22H17NO3S/c24-20-16(12-14-6-9-18-19(13-14)26-11-10-25-18)7-8-17-21(20)27-22(23-17)15-4-2-1-3-5-15/h1-6,9,12-13H,7-8,10-11H2/b16-12-. The maximum absolute atomic E-state index is 13.0. The molecule has 1 aromatic heterocycles. The SMILES string of the molecule is O=C1/C(=C\c2ccc3c(c2)OCCO3)CCc2nc(-c3ccccc3)sc21. The molecule has 4 nitrogen and oxygen atoms in total. The van der Waals surface area contributed by atoms with E-state index in [0.29, 0.717) is 19.6 Å². The van der Waals surface area contributed by atoms with Gasteiger partial charge in [-0.05, 0) is 36.6 Å². The molecule has 1 aliphatic heterocycles. The number of rotatable bonds is 2. The zero-order chi connectivity index (χ0) is 18.2. The van der Waals surface area contributed by atoms with Gasteiger partial charge >= 0.3 is 0 Å². The van der Waals surface area contributed by atoms with Gasteiger partial charge in [-0.1, -0.05) is 36.4 Å². The summed E-state index contributed by atoms with van der Waals surface area (Å²) in [6.07, 6.45) is 3.46. The number of ketones is 1. The van der Waals surface area contributed by atoms with E-state index in [0.717, 1.165) is 50.2 Å². The highest BCUT2D eigenvalue weighted by atomic mass is 32.1. The van der Waals surface area contributed by atoms with E-state index >= 15 is 0 Å². The number of nitrogens with zero attached hydrogens (tertiary/aromatic N) is 1. The topological polar surface area (TPSA) is 48.4 Å². The Morgan fingerprint density at radius 1 is 0.963 bits per heavy atom. The van der Waals surface area contributed by atoms with Crippen LogP contribution >= 0.6 is 11.3 Å². The van der Waals surface area contributed by atoms with Crippen molar-refractivity contribution in [3.8, 4) is 22.1 Å². The van der Waals surface area contributed by atoms with Crippen LogP contribution in [0.4, 0.5) is 0 Å². The van der Waals surface area contributed by atoms with Gasteiger partial charge < -0.3 is 9.47 Å². The number of hydrogen-bond donors (Lipinski definition) is 0. The second kappa shape index (κ2) is 6.67. The van der Waals surface area contributed by atoms with Crippen molar-refractivity contribution in [1.29, 1.82) is 0 Å². The average Bonchev–Trinajstić information content (AvgIpc) is 3.16. The summed E-state index contributed by atoms with van der Waals surface area (Å²) in [5.41, 5.74) is 3.76. The van der Waals surface area contributed by atoms with E-state index in [-0.39, 0.29) is 5.78 Å². The van der Waals surface area contributed by atoms with Crippen molar-refractivity contribution in [3.05, 3.63) is 70.2 Å². The lowest BCUT2D eigenvalue weighted by molar-refractivity contribution is 0.103. The van der Waals surface area contributed by atoms with Gasteiger partial charge in [-0.2, -0.15) is 0 Å². The zero-order valence-electron chi connectivity index (χ0n) is 14.6. The van der Waals surface area contributed by atoms with Gasteiger partial charge in [0, 0.05) is 11.1 Å². The first-order valence-corrected chi connectivity index (χ1v) is 9.79. The number of allylic oxidation sites excluding steroid dienone is 1. The van der Waals surface area contributed by atoms with Crippen molar-refractivity contribution in [1.82, 2.24) is 4.98 Å². The molecule has 5 heteroatoms. The van der Waals surface area contributed by atoms with E-state index in [1.54, 1.807) is 0 Å². The van der Waals surface area contributed by atoms with Crippen molar-refractivity contribution in [2.75, 3.05) is 13.2 Å². The molecule has 2 aromatic carbocycles. The van der Waals surface area contributed by atoms with Gasteiger partial charge in [0.2, 0.25) is 5.78 Å². The molecule has 2 aliphatic rings. The van der Waals surface area contributed by atoms with Crippen molar-refractivity contribution in [3.63, 3.8) is 0 Å². The molecule has 0 N–H and O–H groups in total. The molecule has 3 aromatic rings. The van der Waals surface area contributed by atoms with Crippen LogP contribution in [0.3, 0.4) is 0 Å².